The summed E-state index contributed by atoms with van der Waals surface area (Å²) < 4.78 is 6.09. The van der Waals surface area contributed by atoms with Crippen molar-refractivity contribution in [1.82, 2.24) is 10.2 Å². The number of amides is 2. The zero-order chi connectivity index (χ0) is 27.1. The highest BCUT2D eigenvalue weighted by Crippen LogP contribution is 2.24. The van der Waals surface area contributed by atoms with Crippen molar-refractivity contribution in [2.24, 2.45) is 0 Å². The van der Waals surface area contributed by atoms with E-state index in [0.717, 1.165) is 59.1 Å². The fourth-order valence-corrected chi connectivity index (χ4v) is 5.18. The van der Waals surface area contributed by atoms with Crippen molar-refractivity contribution in [2.75, 3.05) is 6.61 Å². The zero-order valence-corrected chi connectivity index (χ0v) is 23.1. The predicted molar refractivity (Wildman–Crippen MR) is 152 cm³/mol. The number of nitrogens with zero attached hydrogens (tertiary/aromatic N) is 1. The summed E-state index contributed by atoms with van der Waals surface area (Å²) in [5.41, 5.74) is 6.39. The third-order valence-corrected chi connectivity index (χ3v) is 7.56. The van der Waals surface area contributed by atoms with Crippen molar-refractivity contribution in [1.29, 1.82) is 0 Å². The lowest BCUT2D eigenvalue weighted by Gasteiger charge is -2.32. The molecule has 1 aliphatic rings. The first-order valence-electron chi connectivity index (χ1n) is 13.7. The van der Waals surface area contributed by atoms with Gasteiger partial charge in [0.25, 0.3) is 5.91 Å². The van der Waals surface area contributed by atoms with Crippen LogP contribution >= 0.6 is 0 Å². The van der Waals surface area contributed by atoms with Crippen molar-refractivity contribution >= 4 is 11.8 Å². The fourth-order valence-electron chi connectivity index (χ4n) is 5.18. The quantitative estimate of drug-likeness (QED) is 0.363. The van der Waals surface area contributed by atoms with Gasteiger partial charge in [0.2, 0.25) is 5.91 Å². The lowest BCUT2D eigenvalue weighted by atomic mass is 10.0. The maximum Gasteiger partial charge on any atom is 0.261 e. The first-order valence-corrected chi connectivity index (χ1v) is 13.7. The Morgan fingerprint density at radius 2 is 1.58 bits per heavy atom. The van der Waals surface area contributed by atoms with E-state index in [1.165, 1.54) is 0 Å². The molecule has 2 amide bonds. The molecule has 0 unspecified atom stereocenters. The minimum absolute atomic E-state index is 0.0937. The molecule has 5 heteroatoms. The van der Waals surface area contributed by atoms with Crippen molar-refractivity contribution in [3.05, 3.63) is 100 Å². The van der Waals surface area contributed by atoms with E-state index in [-0.39, 0.29) is 24.5 Å². The first kappa shape index (κ1) is 27.4. The van der Waals surface area contributed by atoms with Crippen molar-refractivity contribution in [3.8, 4) is 5.75 Å². The lowest BCUT2D eigenvalue weighted by molar-refractivity contribution is -0.143. The highest BCUT2D eigenvalue weighted by atomic mass is 16.5. The van der Waals surface area contributed by atoms with Crippen LogP contribution in [0, 0.1) is 27.7 Å². The number of carbonyl (C=O) groups is 2. The van der Waals surface area contributed by atoms with Gasteiger partial charge in [0.15, 0.2) is 6.61 Å². The van der Waals surface area contributed by atoms with E-state index in [1.54, 1.807) is 4.90 Å². The molecule has 4 rings (SSSR count). The van der Waals surface area contributed by atoms with Crippen LogP contribution in [0.25, 0.3) is 0 Å². The first-order chi connectivity index (χ1) is 18.3. The SMILES string of the molecule is Cc1ccc(CN(C(=O)COc2cc(C)cc(C)c2C)[C@@H](Cc2ccccc2)C(=O)NC2CCCC2)cc1. The average Bonchev–Trinajstić information content (AvgIpc) is 3.42. The molecule has 0 radical (unpaired) electrons. The van der Waals surface area contributed by atoms with E-state index in [9.17, 15) is 9.59 Å². The summed E-state index contributed by atoms with van der Waals surface area (Å²) in [5, 5.41) is 3.25. The van der Waals surface area contributed by atoms with Gasteiger partial charge in [-0.3, -0.25) is 9.59 Å². The predicted octanol–water partition coefficient (Wildman–Crippen LogP) is 6.00. The lowest BCUT2D eigenvalue weighted by Crippen LogP contribution is -2.53. The molecule has 1 fully saturated rings. The van der Waals surface area contributed by atoms with Gasteiger partial charge < -0.3 is 15.0 Å². The number of benzene rings is 3. The van der Waals surface area contributed by atoms with Crippen LogP contribution in [0.3, 0.4) is 0 Å². The molecule has 0 aromatic heterocycles. The molecule has 0 spiro atoms. The average molecular weight is 513 g/mol. The molecule has 1 N–H and O–H groups in total. The number of carbonyl (C=O) groups excluding carboxylic acids is 2. The number of hydrogen-bond acceptors (Lipinski definition) is 3. The molecule has 1 aliphatic carbocycles. The third kappa shape index (κ3) is 7.25. The molecular weight excluding hydrogens is 472 g/mol. The van der Waals surface area contributed by atoms with Crippen molar-refractivity contribution < 1.29 is 14.3 Å². The van der Waals surface area contributed by atoms with Gasteiger partial charge in [0.05, 0.1) is 0 Å². The summed E-state index contributed by atoms with van der Waals surface area (Å²) in [7, 11) is 0. The summed E-state index contributed by atoms with van der Waals surface area (Å²) in [6, 6.07) is 21.7. The van der Waals surface area contributed by atoms with E-state index in [0.29, 0.717) is 18.7 Å². The van der Waals surface area contributed by atoms with Crippen LogP contribution < -0.4 is 10.1 Å². The minimum Gasteiger partial charge on any atom is -0.483 e. The Balaban J connectivity index is 1.63. The van der Waals surface area contributed by atoms with E-state index >= 15 is 0 Å². The van der Waals surface area contributed by atoms with Crippen molar-refractivity contribution in [3.63, 3.8) is 0 Å². The molecule has 0 saturated heterocycles. The maximum atomic E-state index is 13.9. The number of nitrogens with one attached hydrogen (secondary N) is 1. The maximum absolute atomic E-state index is 13.9. The summed E-state index contributed by atoms with van der Waals surface area (Å²) >= 11 is 0. The molecule has 1 saturated carbocycles. The summed E-state index contributed by atoms with van der Waals surface area (Å²) in [5.74, 6) is 0.414. The Morgan fingerprint density at radius 3 is 2.26 bits per heavy atom. The fraction of sp³-hybridized carbons (Fsp3) is 0.394. The summed E-state index contributed by atoms with van der Waals surface area (Å²) in [6.07, 6.45) is 4.68. The van der Waals surface area contributed by atoms with Crippen molar-refractivity contribution in [2.45, 2.75) is 78.4 Å². The van der Waals surface area contributed by atoms with Gasteiger partial charge in [0.1, 0.15) is 11.8 Å². The van der Waals surface area contributed by atoms with E-state index in [4.69, 9.17) is 4.74 Å². The van der Waals surface area contributed by atoms with Crippen LogP contribution in [-0.2, 0) is 22.6 Å². The van der Waals surface area contributed by atoms with Gasteiger partial charge in [-0.05, 0) is 74.4 Å². The van der Waals surface area contributed by atoms with Gasteiger partial charge >= 0.3 is 0 Å². The van der Waals surface area contributed by atoms with Crippen LogP contribution in [-0.4, -0.2) is 35.4 Å². The Hall–Kier alpha value is -3.60. The summed E-state index contributed by atoms with van der Waals surface area (Å²) in [4.78, 5) is 29.3. The molecular formula is C33H40N2O3. The Bertz CT molecular complexity index is 1230. The topological polar surface area (TPSA) is 58.6 Å². The molecule has 3 aromatic rings. The van der Waals surface area contributed by atoms with Gasteiger partial charge in [-0.25, -0.2) is 0 Å². The van der Waals surface area contributed by atoms with Crippen LogP contribution in [0.4, 0.5) is 0 Å². The van der Waals surface area contributed by atoms with E-state index < -0.39 is 6.04 Å². The second kappa shape index (κ2) is 12.8. The monoisotopic (exact) mass is 512 g/mol. The molecule has 0 bridgehead atoms. The molecule has 1 atom stereocenters. The molecule has 5 nitrogen and oxygen atoms in total. The minimum atomic E-state index is -0.643. The Kier molecular flexibility index (Phi) is 9.22. The van der Waals surface area contributed by atoms with Gasteiger partial charge in [-0.1, -0.05) is 79.1 Å². The second-order valence-corrected chi connectivity index (χ2v) is 10.7. The number of rotatable bonds is 10. The Labute approximate surface area is 227 Å². The number of ether oxygens (including phenoxy) is 1. The zero-order valence-electron chi connectivity index (χ0n) is 23.1. The van der Waals surface area contributed by atoms with Gasteiger partial charge in [-0.15, -0.1) is 0 Å². The molecule has 0 aliphatic heterocycles. The second-order valence-electron chi connectivity index (χ2n) is 10.7. The highest BCUT2D eigenvalue weighted by Gasteiger charge is 2.32. The third-order valence-electron chi connectivity index (χ3n) is 7.56. The highest BCUT2D eigenvalue weighted by molar-refractivity contribution is 5.88. The Morgan fingerprint density at radius 1 is 0.895 bits per heavy atom. The van der Waals surface area contributed by atoms with Gasteiger partial charge in [0, 0.05) is 19.0 Å². The van der Waals surface area contributed by atoms with Crippen LogP contribution in [0.1, 0.15) is 59.1 Å². The summed E-state index contributed by atoms with van der Waals surface area (Å²) in [6.45, 7) is 8.32. The number of hydrogen-bond donors (Lipinski definition) is 1. The molecule has 38 heavy (non-hydrogen) atoms. The molecule has 3 aromatic carbocycles. The molecule has 200 valence electrons. The van der Waals surface area contributed by atoms with Crippen LogP contribution in [0.15, 0.2) is 66.7 Å². The smallest absolute Gasteiger partial charge is 0.261 e. The number of aryl methyl sites for hydroxylation is 3. The standard InChI is InChI=1S/C33H40N2O3/c1-23-14-16-28(17-15-23)21-35(32(36)22-38-31-19-24(2)18-25(3)26(31)4)30(20-27-10-6-5-7-11-27)33(37)34-29-12-8-9-13-29/h5-7,10-11,14-19,29-30H,8-9,12-13,20-22H2,1-4H3,(H,34,37)/t30-/m0/s1. The largest absolute Gasteiger partial charge is 0.483 e. The van der Waals surface area contributed by atoms with Crippen LogP contribution in [0.5, 0.6) is 5.75 Å². The van der Waals surface area contributed by atoms with Crippen LogP contribution in [0.2, 0.25) is 0 Å². The molecule has 0 heterocycles. The van der Waals surface area contributed by atoms with Gasteiger partial charge in [-0.2, -0.15) is 0 Å². The normalized spacial score (nSPS) is 14.2. The van der Waals surface area contributed by atoms with E-state index in [2.05, 4.69) is 11.4 Å². The van der Waals surface area contributed by atoms with E-state index in [1.807, 2.05) is 88.4 Å².